The molecule has 0 aliphatic carbocycles. The highest BCUT2D eigenvalue weighted by Gasteiger charge is 2.21. The first-order chi connectivity index (χ1) is 18.4. The van der Waals surface area contributed by atoms with E-state index in [2.05, 4.69) is 4.98 Å². The van der Waals surface area contributed by atoms with E-state index in [4.69, 9.17) is 25.6 Å². The van der Waals surface area contributed by atoms with Gasteiger partial charge in [-0.25, -0.2) is 9.78 Å². The Morgan fingerprint density at radius 1 is 1.03 bits per heavy atom. The number of aromatic nitrogens is 2. The molecule has 0 spiro atoms. The van der Waals surface area contributed by atoms with Crippen molar-refractivity contribution in [3.63, 3.8) is 0 Å². The first kappa shape index (κ1) is 26.4. The molecule has 3 aromatic carbocycles. The number of nitrogens with two attached hydrogens (primary N) is 1. The number of hydrogen-bond donors (Lipinski definition) is 3. The maximum absolute atomic E-state index is 13.2. The van der Waals surface area contributed by atoms with Crippen LogP contribution >= 0.6 is 0 Å². The number of nitrogens with one attached hydrogen (secondary N) is 2. The van der Waals surface area contributed by atoms with E-state index >= 15 is 0 Å². The van der Waals surface area contributed by atoms with Gasteiger partial charge < -0.3 is 20.2 Å². The number of para-hydroxylation sites is 1. The minimum absolute atomic E-state index is 0.0479. The topological polar surface area (TPSA) is 134 Å². The molecule has 0 radical (unpaired) electrons. The number of aromatic amines is 1. The fourth-order valence-corrected chi connectivity index (χ4v) is 4.11. The third-order valence-corrected chi connectivity index (χ3v) is 6.15. The highest BCUT2D eigenvalue weighted by Crippen LogP contribution is 2.27. The molecule has 1 amide bonds. The van der Waals surface area contributed by atoms with Gasteiger partial charge >= 0.3 is 12.1 Å². The standard InChI is InChI=1S/C29H31N5O4/c1-3-37-26(35)17-18-34(22-7-5-4-6-8-22)29(36)38-24-15-14-23-27(19(24)2)33-25(32-23)16-11-20-9-12-21(13-10-20)28(30)31/h4-10,12-15H,3,11,16-18H2,1-2H3,(H3,30,31)(H,32,33). The van der Waals surface area contributed by atoms with Crippen LogP contribution in [-0.4, -0.2) is 41.0 Å². The molecule has 196 valence electrons. The number of anilines is 1. The summed E-state index contributed by atoms with van der Waals surface area (Å²) in [5, 5.41) is 7.51. The van der Waals surface area contributed by atoms with Crippen LogP contribution in [0.1, 0.15) is 35.9 Å². The second-order valence-electron chi connectivity index (χ2n) is 8.79. The summed E-state index contributed by atoms with van der Waals surface area (Å²) in [5.41, 5.74) is 10.3. The van der Waals surface area contributed by atoms with Crippen molar-refractivity contribution < 1.29 is 19.1 Å². The number of nitrogen functional groups attached to an aromatic ring is 1. The van der Waals surface area contributed by atoms with E-state index < -0.39 is 6.09 Å². The Labute approximate surface area is 221 Å². The Hall–Kier alpha value is -4.66. The number of amidine groups is 1. The van der Waals surface area contributed by atoms with Gasteiger partial charge in [0, 0.05) is 29.8 Å². The molecule has 1 heterocycles. The summed E-state index contributed by atoms with van der Waals surface area (Å²) in [4.78, 5) is 34.6. The van der Waals surface area contributed by atoms with Crippen LogP contribution in [-0.2, 0) is 22.4 Å². The number of benzene rings is 3. The van der Waals surface area contributed by atoms with Gasteiger partial charge in [0.1, 0.15) is 17.4 Å². The molecule has 9 heteroatoms. The Morgan fingerprint density at radius 2 is 1.76 bits per heavy atom. The van der Waals surface area contributed by atoms with E-state index in [1.807, 2.05) is 55.5 Å². The number of carbonyl (C=O) groups is 2. The Balaban J connectivity index is 1.48. The average Bonchev–Trinajstić information content (AvgIpc) is 3.34. The van der Waals surface area contributed by atoms with Gasteiger partial charge in [-0.1, -0.05) is 42.5 Å². The van der Waals surface area contributed by atoms with Gasteiger partial charge in [0.15, 0.2) is 0 Å². The molecule has 0 fully saturated rings. The largest absolute Gasteiger partial charge is 0.466 e. The lowest BCUT2D eigenvalue weighted by Crippen LogP contribution is -2.35. The van der Waals surface area contributed by atoms with Gasteiger partial charge in [-0.05, 0) is 50.1 Å². The Morgan fingerprint density at radius 3 is 2.45 bits per heavy atom. The molecule has 9 nitrogen and oxygen atoms in total. The maximum Gasteiger partial charge on any atom is 0.419 e. The molecule has 4 aromatic rings. The van der Waals surface area contributed by atoms with Crippen LogP contribution in [0.3, 0.4) is 0 Å². The zero-order valence-electron chi connectivity index (χ0n) is 21.5. The van der Waals surface area contributed by atoms with Crippen molar-refractivity contribution in [2.45, 2.75) is 33.1 Å². The van der Waals surface area contributed by atoms with Gasteiger partial charge in [0.05, 0.1) is 24.1 Å². The smallest absolute Gasteiger partial charge is 0.419 e. The molecular weight excluding hydrogens is 482 g/mol. The second-order valence-corrected chi connectivity index (χ2v) is 8.79. The Bertz CT molecular complexity index is 1430. The number of rotatable bonds is 10. The molecule has 38 heavy (non-hydrogen) atoms. The highest BCUT2D eigenvalue weighted by molar-refractivity contribution is 5.95. The molecule has 4 rings (SSSR count). The van der Waals surface area contributed by atoms with Gasteiger partial charge in [-0.2, -0.15) is 0 Å². The van der Waals surface area contributed by atoms with Gasteiger partial charge in [-0.15, -0.1) is 0 Å². The van der Waals surface area contributed by atoms with Crippen molar-refractivity contribution in [1.82, 2.24) is 9.97 Å². The number of imidazole rings is 1. The normalized spacial score (nSPS) is 10.8. The number of nitrogens with zero attached hydrogens (tertiary/aromatic N) is 2. The van der Waals surface area contributed by atoms with Crippen LogP contribution in [0, 0.1) is 12.3 Å². The number of ether oxygens (including phenoxy) is 2. The monoisotopic (exact) mass is 513 g/mol. The molecule has 0 bridgehead atoms. The van der Waals surface area contributed by atoms with Crippen LogP contribution < -0.4 is 15.4 Å². The van der Waals surface area contributed by atoms with Crippen molar-refractivity contribution in [2.24, 2.45) is 5.73 Å². The van der Waals surface area contributed by atoms with Crippen LogP contribution in [0.4, 0.5) is 10.5 Å². The molecule has 1 aromatic heterocycles. The average molecular weight is 514 g/mol. The molecule has 4 N–H and O–H groups in total. The van der Waals surface area contributed by atoms with E-state index in [-0.39, 0.29) is 31.4 Å². The summed E-state index contributed by atoms with van der Waals surface area (Å²) < 4.78 is 10.8. The lowest BCUT2D eigenvalue weighted by molar-refractivity contribution is -0.142. The number of esters is 1. The molecule has 0 atom stereocenters. The van der Waals surface area contributed by atoms with Crippen LogP contribution in [0.15, 0.2) is 66.7 Å². The third-order valence-electron chi connectivity index (χ3n) is 6.15. The summed E-state index contributed by atoms with van der Waals surface area (Å²) in [6.07, 6.45) is 0.924. The second kappa shape index (κ2) is 12.1. The summed E-state index contributed by atoms with van der Waals surface area (Å²) in [5.74, 6) is 0.893. The van der Waals surface area contributed by atoms with Crippen LogP contribution in [0.2, 0.25) is 0 Å². The van der Waals surface area contributed by atoms with E-state index in [1.165, 1.54) is 4.90 Å². The molecule has 0 saturated carbocycles. The van der Waals surface area contributed by atoms with Crippen molar-refractivity contribution in [3.05, 3.63) is 89.2 Å². The van der Waals surface area contributed by atoms with E-state index in [0.717, 1.165) is 34.4 Å². The summed E-state index contributed by atoms with van der Waals surface area (Å²) in [6.45, 7) is 4.02. The molecule has 0 unspecified atom stereocenters. The Kier molecular flexibility index (Phi) is 8.37. The molecule has 0 aliphatic rings. The molecule has 0 saturated heterocycles. The fourth-order valence-electron chi connectivity index (χ4n) is 4.11. The number of fused-ring (bicyclic) bond motifs is 1. The third kappa shape index (κ3) is 6.36. The first-order valence-electron chi connectivity index (χ1n) is 12.5. The van der Waals surface area contributed by atoms with Crippen molar-refractivity contribution in [3.8, 4) is 5.75 Å². The predicted molar refractivity (Wildman–Crippen MR) is 147 cm³/mol. The maximum atomic E-state index is 13.2. The summed E-state index contributed by atoms with van der Waals surface area (Å²) >= 11 is 0. The highest BCUT2D eigenvalue weighted by atomic mass is 16.6. The summed E-state index contributed by atoms with van der Waals surface area (Å²) in [6, 6.07) is 20.3. The fraction of sp³-hybridized carbons (Fsp3) is 0.241. The zero-order valence-corrected chi connectivity index (χ0v) is 21.5. The minimum atomic E-state index is -0.590. The quantitative estimate of drug-likeness (QED) is 0.157. The lowest BCUT2D eigenvalue weighted by Gasteiger charge is -2.22. The lowest BCUT2D eigenvalue weighted by atomic mass is 10.1. The number of carbonyl (C=O) groups excluding carboxylic acids is 2. The number of H-pyrrole nitrogens is 1. The van der Waals surface area contributed by atoms with Crippen molar-refractivity contribution in [1.29, 1.82) is 5.41 Å². The van der Waals surface area contributed by atoms with Crippen molar-refractivity contribution in [2.75, 3.05) is 18.1 Å². The summed E-state index contributed by atoms with van der Waals surface area (Å²) in [7, 11) is 0. The van der Waals surface area contributed by atoms with Crippen LogP contribution in [0.25, 0.3) is 11.0 Å². The van der Waals surface area contributed by atoms with E-state index in [9.17, 15) is 9.59 Å². The zero-order chi connectivity index (χ0) is 27.1. The van der Waals surface area contributed by atoms with Crippen LogP contribution in [0.5, 0.6) is 5.75 Å². The minimum Gasteiger partial charge on any atom is -0.466 e. The molecule has 0 aliphatic heterocycles. The van der Waals surface area contributed by atoms with E-state index in [1.54, 1.807) is 25.1 Å². The predicted octanol–water partition coefficient (Wildman–Crippen LogP) is 4.90. The molecular formula is C29H31N5O4. The number of hydrogen-bond acceptors (Lipinski definition) is 6. The van der Waals surface area contributed by atoms with Crippen molar-refractivity contribution >= 4 is 34.6 Å². The number of aryl methyl sites for hydroxylation is 3. The van der Waals surface area contributed by atoms with Gasteiger partial charge in [0.2, 0.25) is 0 Å². The number of amides is 1. The van der Waals surface area contributed by atoms with E-state index in [0.29, 0.717) is 23.4 Å². The first-order valence-corrected chi connectivity index (χ1v) is 12.5. The van der Waals surface area contributed by atoms with Gasteiger partial charge in [0.25, 0.3) is 0 Å². The van der Waals surface area contributed by atoms with Gasteiger partial charge in [-0.3, -0.25) is 15.1 Å². The SMILES string of the molecule is CCOC(=O)CCN(C(=O)Oc1ccc2[nH]c(CCc3ccc(C(=N)N)cc3)nc2c1C)c1ccccc1.